The first-order valence-corrected chi connectivity index (χ1v) is 10.4. The molecule has 2 aromatic carbocycles. The molecule has 0 atom stereocenters. The lowest BCUT2D eigenvalue weighted by molar-refractivity contribution is -0.123. The van der Waals surface area contributed by atoms with Crippen LogP contribution in [0.5, 0.6) is 11.5 Å². The minimum absolute atomic E-state index is 0.0562. The first-order valence-electron chi connectivity index (χ1n) is 10.4. The Morgan fingerprint density at radius 3 is 2.78 bits per heavy atom. The van der Waals surface area contributed by atoms with E-state index >= 15 is 0 Å². The summed E-state index contributed by atoms with van der Waals surface area (Å²) in [4.78, 5) is 16.5. The van der Waals surface area contributed by atoms with Crippen LogP contribution >= 0.6 is 0 Å². The van der Waals surface area contributed by atoms with Crippen LogP contribution in [0, 0.1) is 6.92 Å². The molecule has 3 N–H and O–H groups in total. The number of carbonyl (C=O) groups is 1. The number of nitrogens with one attached hydrogen (secondary N) is 3. The van der Waals surface area contributed by atoms with Gasteiger partial charge in [-0.2, -0.15) is 10.2 Å². The summed E-state index contributed by atoms with van der Waals surface area (Å²) in [6, 6.07) is 9.54. The third-order valence-electron chi connectivity index (χ3n) is 5.13. The average molecular weight is 435 g/mol. The molecule has 9 heteroatoms. The second-order valence-corrected chi connectivity index (χ2v) is 7.84. The van der Waals surface area contributed by atoms with Crippen LogP contribution in [0.2, 0.25) is 0 Å². The molecule has 0 aliphatic rings. The normalized spacial score (nSPS) is 11.2. The van der Waals surface area contributed by atoms with E-state index < -0.39 is 0 Å². The molecule has 2 aromatic heterocycles. The van der Waals surface area contributed by atoms with Crippen molar-refractivity contribution in [3.8, 4) is 22.9 Å². The quantitative estimate of drug-likeness (QED) is 0.392. The Labute approximate surface area is 185 Å². The second kappa shape index (κ2) is 9.09. The van der Waals surface area contributed by atoms with Crippen LogP contribution in [0.4, 0.5) is 0 Å². The number of methoxy groups -OCH3 is 1. The Morgan fingerprint density at radius 2 is 2.00 bits per heavy atom. The fourth-order valence-electron chi connectivity index (χ4n) is 3.51. The highest BCUT2D eigenvalue weighted by atomic mass is 16.5. The molecule has 0 fully saturated rings. The largest absolute Gasteiger partial charge is 0.493 e. The number of aromatic amines is 2. The van der Waals surface area contributed by atoms with Crippen LogP contribution in [-0.2, 0) is 11.2 Å². The van der Waals surface area contributed by atoms with Crippen molar-refractivity contribution in [2.24, 2.45) is 0 Å². The highest BCUT2D eigenvalue weighted by Gasteiger charge is 2.14. The fraction of sp³-hybridized carbons (Fsp3) is 0.304. The molecule has 32 heavy (non-hydrogen) atoms. The third-order valence-corrected chi connectivity index (χ3v) is 5.13. The Balaban J connectivity index is 1.49. The average Bonchev–Trinajstić information content (AvgIpc) is 3.43. The van der Waals surface area contributed by atoms with E-state index in [1.165, 1.54) is 5.56 Å². The molecule has 2 heterocycles. The van der Waals surface area contributed by atoms with Crippen molar-refractivity contribution in [1.82, 2.24) is 30.7 Å². The van der Waals surface area contributed by atoms with Crippen LogP contribution in [0.1, 0.15) is 30.8 Å². The topological polar surface area (TPSA) is 118 Å². The zero-order chi connectivity index (χ0) is 22.7. The summed E-state index contributed by atoms with van der Waals surface area (Å²) in [5.74, 6) is 2.12. The van der Waals surface area contributed by atoms with Gasteiger partial charge in [0.1, 0.15) is 5.82 Å². The molecule has 1 amide bonds. The van der Waals surface area contributed by atoms with E-state index in [1.807, 2.05) is 32.2 Å². The molecule has 0 aliphatic carbocycles. The van der Waals surface area contributed by atoms with Crippen molar-refractivity contribution in [3.63, 3.8) is 0 Å². The van der Waals surface area contributed by atoms with Gasteiger partial charge in [-0.25, -0.2) is 4.98 Å². The maximum absolute atomic E-state index is 11.8. The van der Waals surface area contributed by atoms with Crippen LogP contribution in [0.25, 0.3) is 22.3 Å². The van der Waals surface area contributed by atoms with Crippen LogP contribution in [-0.4, -0.2) is 51.0 Å². The second-order valence-electron chi connectivity index (χ2n) is 7.84. The number of H-pyrrole nitrogens is 2. The minimum Gasteiger partial charge on any atom is -0.493 e. The molecular weight excluding hydrogens is 408 g/mol. The Kier molecular flexibility index (Phi) is 6.07. The van der Waals surface area contributed by atoms with E-state index in [0.29, 0.717) is 23.7 Å². The molecule has 4 aromatic rings. The lowest BCUT2D eigenvalue weighted by Gasteiger charge is -2.12. The van der Waals surface area contributed by atoms with Gasteiger partial charge in [-0.15, -0.1) is 0 Å². The highest BCUT2D eigenvalue weighted by Crippen LogP contribution is 2.31. The number of aryl methyl sites for hydroxylation is 1. The lowest BCUT2D eigenvalue weighted by atomic mass is 10.0. The molecule has 4 rings (SSSR count). The van der Waals surface area contributed by atoms with E-state index in [0.717, 1.165) is 27.9 Å². The molecule has 0 aliphatic heterocycles. The predicted octanol–water partition coefficient (Wildman–Crippen LogP) is 3.16. The molecule has 0 saturated heterocycles. The Morgan fingerprint density at radius 1 is 1.16 bits per heavy atom. The number of ether oxygens (including phenoxy) is 2. The van der Waals surface area contributed by atoms with Gasteiger partial charge in [-0.1, -0.05) is 6.07 Å². The summed E-state index contributed by atoms with van der Waals surface area (Å²) in [5, 5.41) is 18.4. The van der Waals surface area contributed by atoms with Gasteiger partial charge in [-0.3, -0.25) is 15.0 Å². The van der Waals surface area contributed by atoms with Crippen molar-refractivity contribution in [1.29, 1.82) is 0 Å². The number of hydrogen-bond donors (Lipinski definition) is 3. The maximum atomic E-state index is 11.8. The van der Waals surface area contributed by atoms with Gasteiger partial charge in [-0.05, 0) is 56.2 Å². The van der Waals surface area contributed by atoms with Crippen LogP contribution < -0.4 is 14.8 Å². The van der Waals surface area contributed by atoms with E-state index in [1.54, 1.807) is 19.2 Å². The molecule has 0 spiro atoms. The van der Waals surface area contributed by atoms with Crippen molar-refractivity contribution in [2.75, 3.05) is 13.7 Å². The fourth-order valence-corrected chi connectivity index (χ4v) is 3.51. The van der Waals surface area contributed by atoms with E-state index in [4.69, 9.17) is 9.47 Å². The standard InChI is InChI=1S/C23H26N6O3/c1-13(2)25-22(30)12-32-19-8-6-16(9-20(19)31-4)23-26-21(28-29-23)10-15-5-7-18-17(14(15)3)11-24-27-18/h5-9,11,13H,10,12H2,1-4H3,(H,24,27)(H,25,30)(H,26,28,29). The SMILES string of the molecule is COc1cc(-c2n[nH]c(Cc3ccc4[nH]ncc4c3C)n2)ccc1OCC(=O)NC(C)C. The number of nitrogens with zero attached hydrogens (tertiary/aromatic N) is 3. The van der Waals surface area contributed by atoms with E-state index in [-0.39, 0.29) is 18.6 Å². The molecule has 0 unspecified atom stereocenters. The van der Waals surface area contributed by atoms with Crippen molar-refractivity contribution >= 4 is 16.8 Å². The molecule has 9 nitrogen and oxygen atoms in total. The number of benzene rings is 2. The van der Waals surface area contributed by atoms with Gasteiger partial charge < -0.3 is 14.8 Å². The number of carbonyl (C=O) groups excluding carboxylic acids is 1. The first kappa shape index (κ1) is 21.4. The highest BCUT2D eigenvalue weighted by molar-refractivity contribution is 5.82. The monoisotopic (exact) mass is 434 g/mol. The molecule has 166 valence electrons. The number of aromatic nitrogens is 5. The number of rotatable bonds is 8. The van der Waals surface area contributed by atoms with Crippen LogP contribution in [0.3, 0.4) is 0 Å². The van der Waals surface area contributed by atoms with Crippen molar-refractivity contribution in [3.05, 3.63) is 53.5 Å². The number of fused-ring (bicyclic) bond motifs is 1. The van der Waals surface area contributed by atoms with E-state index in [2.05, 4.69) is 43.7 Å². The first-order chi connectivity index (χ1) is 15.4. The zero-order valence-electron chi connectivity index (χ0n) is 18.5. The predicted molar refractivity (Wildman–Crippen MR) is 121 cm³/mol. The van der Waals surface area contributed by atoms with Crippen molar-refractivity contribution in [2.45, 2.75) is 33.2 Å². The smallest absolute Gasteiger partial charge is 0.258 e. The zero-order valence-corrected chi connectivity index (χ0v) is 18.5. The van der Waals surface area contributed by atoms with Gasteiger partial charge in [0, 0.05) is 23.4 Å². The third kappa shape index (κ3) is 4.56. The Bertz CT molecular complexity index is 1240. The van der Waals surface area contributed by atoms with Crippen LogP contribution in [0.15, 0.2) is 36.5 Å². The van der Waals surface area contributed by atoms with Gasteiger partial charge in [0.2, 0.25) is 0 Å². The Hall–Kier alpha value is -3.88. The summed E-state index contributed by atoms with van der Waals surface area (Å²) in [6.07, 6.45) is 2.46. The summed E-state index contributed by atoms with van der Waals surface area (Å²) >= 11 is 0. The lowest BCUT2D eigenvalue weighted by Crippen LogP contribution is -2.34. The molecular formula is C23H26N6O3. The van der Waals surface area contributed by atoms with Gasteiger partial charge in [0.25, 0.3) is 5.91 Å². The molecule has 0 saturated carbocycles. The summed E-state index contributed by atoms with van der Waals surface area (Å²) in [6.45, 7) is 5.79. The number of amides is 1. The molecule has 0 bridgehead atoms. The summed E-state index contributed by atoms with van der Waals surface area (Å²) in [7, 11) is 1.55. The molecule has 0 radical (unpaired) electrons. The minimum atomic E-state index is -0.186. The number of hydrogen-bond acceptors (Lipinski definition) is 6. The van der Waals surface area contributed by atoms with E-state index in [9.17, 15) is 4.79 Å². The van der Waals surface area contributed by atoms with Gasteiger partial charge in [0.05, 0.1) is 18.8 Å². The summed E-state index contributed by atoms with van der Waals surface area (Å²) < 4.78 is 11.1. The van der Waals surface area contributed by atoms with Crippen molar-refractivity contribution < 1.29 is 14.3 Å². The van der Waals surface area contributed by atoms with Gasteiger partial charge >= 0.3 is 0 Å². The maximum Gasteiger partial charge on any atom is 0.258 e. The summed E-state index contributed by atoms with van der Waals surface area (Å²) in [5.41, 5.74) is 4.12. The van der Waals surface area contributed by atoms with Gasteiger partial charge in [0.15, 0.2) is 23.9 Å².